The lowest BCUT2D eigenvalue weighted by molar-refractivity contribution is 0.00578. The highest BCUT2D eigenvalue weighted by molar-refractivity contribution is 6.55. The van der Waals surface area contributed by atoms with Crippen molar-refractivity contribution in [2.45, 2.75) is 45.5 Å². The van der Waals surface area contributed by atoms with Crippen LogP contribution in [0.2, 0.25) is 0 Å². The Morgan fingerprint density at radius 3 is 2.36 bits per heavy atom. The zero-order valence-corrected chi connectivity index (χ0v) is 13.5. The molecule has 1 fully saturated rings. The van der Waals surface area contributed by atoms with Gasteiger partial charge in [0.1, 0.15) is 5.82 Å². The number of hydrogen-bond donors (Lipinski definition) is 2. The van der Waals surface area contributed by atoms with Crippen molar-refractivity contribution in [3.05, 3.63) is 40.6 Å². The van der Waals surface area contributed by atoms with Gasteiger partial charge in [0.15, 0.2) is 0 Å². The Hall–Kier alpha value is -1.21. The van der Waals surface area contributed by atoms with E-state index < -0.39 is 24.1 Å². The lowest BCUT2D eigenvalue weighted by Crippen LogP contribution is -2.41. The summed E-state index contributed by atoms with van der Waals surface area (Å²) in [6.45, 7) is 7.66. The molecular formula is C16H23BFNO3. The van der Waals surface area contributed by atoms with Crippen LogP contribution < -0.4 is 5.73 Å². The number of aliphatic hydroxyl groups is 1. The molecule has 1 heterocycles. The van der Waals surface area contributed by atoms with E-state index in [1.54, 1.807) is 24.3 Å². The molecular weight excluding hydrogens is 284 g/mol. The lowest BCUT2D eigenvalue weighted by atomic mass is 9.77. The van der Waals surface area contributed by atoms with Crippen LogP contribution in [0.15, 0.2) is 23.7 Å². The van der Waals surface area contributed by atoms with E-state index in [1.807, 2.05) is 27.7 Å². The minimum Gasteiger partial charge on any atom is -0.400 e. The third-order valence-electron chi connectivity index (χ3n) is 4.41. The monoisotopic (exact) mass is 307 g/mol. The number of halogens is 1. The van der Waals surface area contributed by atoms with E-state index in [2.05, 4.69) is 0 Å². The van der Waals surface area contributed by atoms with E-state index in [0.29, 0.717) is 11.0 Å². The van der Waals surface area contributed by atoms with Gasteiger partial charge in [-0.3, -0.25) is 0 Å². The Kier molecular flexibility index (Phi) is 4.77. The van der Waals surface area contributed by atoms with Crippen LogP contribution in [0, 0.1) is 5.82 Å². The summed E-state index contributed by atoms with van der Waals surface area (Å²) >= 11 is 0. The molecule has 0 amide bonds. The molecule has 0 aromatic heterocycles. The first-order valence-electron chi connectivity index (χ1n) is 7.36. The molecule has 0 radical (unpaired) electrons. The van der Waals surface area contributed by atoms with Crippen LogP contribution >= 0.6 is 0 Å². The van der Waals surface area contributed by atoms with E-state index in [-0.39, 0.29) is 18.7 Å². The molecule has 0 aliphatic carbocycles. The number of aliphatic hydroxyl groups excluding tert-OH is 1. The van der Waals surface area contributed by atoms with Gasteiger partial charge < -0.3 is 20.1 Å². The van der Waals surface area contributed by atoms with Gasteiger partial charge in [0.2, 0.25) is 0 Å². The highest BCUT2D eigenvalue weighted by Crippen LogP contribution is 2.38. The van der Waals surface area contributed by atoms with Crippen molar-refractivity contribution in [2.24, 2.45) is 5.73 Å². The second-order valence-electron chi connectivity index (χ2n) is 6.49. The Morgan fingerprint density at radius 1 is 1.27 bits per heavy atom. The minimum atomic E-state index is -0.604. The fraction of sp³-hybridized carbons (Fsp3) is 0.500. The average molecular weight is 307 g/mol. The maximum absolute atomic E-state index is 14.2. The van der Waals surface area contributed by atoms with Gasteiger partial charge in [-0.25, -0.2) is 4.39 Å². The molecule has 4 nitrogen and oxygen atoms in total. The van der Waals surface area contributed by atoms with Gasteiger partial charge in [0.05, 0.1) is 17.8 Å². The van der Waals surface area contributed by atoms with Crippen LogP contribution in [0.1, 0.15) is 38.8 Å². The molecule has 1 aromatic rings. The average Bonchev–Trinajstić information content (AvgIpc) is 2.66. The molecule has 0 spiro atoms. The SMILES string of the molecule is CC1(C)OB(C(=Cc2cccc(CO)c2F)CN)OC1(C)C. The normalized spacial score (nSPS) is 20.5. The molecule has 1 aliphatic rings. The summed E-state index contributed by atoms with van der Waals surface area (Å²) in [6, 6.07) is 4.87. The van der Waals surface area contributed by atoms with Gasteiger partial charge in [0.25, 0.3) is 0 Å². The third-order valence-corrected chi connectivity index (χ3v) is 4.41. The van der Waals surface area contributed by atoms with Crippen molar-refractivity contribution in [3.63, 3.8) is 0 Å². The van der Waals surface area contributed by atoms with Gasteiger partial charge in [-0.1, -0.05) is 24.3 Å². The summed E-state index contributed by atoms with van der Waals surface area (Å²) in [4.78, 5) is 0. The molecule has 2 rings (SSSR count). The summed E-state index contributed by atoms with van der Waals surface area (Å²) in [5.41, 5.74) is 6.12. The van der Waals surface area contributed by atoms with Crippen molar-refractivity contribution < 1.29 is 18.8 Å². The van der Waals surface area contributed by atoms with Crippen molar-refractivity contribution in [1.29, 1.82) is 0 Å². The van der Waals surface area contributed by atoms with Crippen molar-refractivity contribution in [3.8, 4) is 0 Å². The highest BCUT2D eigenvalue weighted by Gasteiger charge is 2.52. The molecule has 3 N–H and O–H groups in total. The Bertz CT molecular complexity index is 571. The topological polar surface area (TPSA) is 64.7 Å². The van der Waals surface area contributed by atoms with Crippen LogP contribution in [0.3, 0.4) is 0 Å². The van der Waals surface area contributed by atoms with E-state index in [0.717, 1.165) is 0 Å². The van der Waals surface area contributed by atoms with Crippen LogP contribution in [-0.2, 0) is 15.9 Å². The van der Waals surface area contributed by atoms with Crippen LogP contribution in [0.5, 0.6) is 0 Å². The highest BCUT2D eigenvalue weighted by atomic mass is 19.1. The molecule has 120 valence electrons. The third kappa shape index (κ3) is 3.10. The zero-order chi connectivity index (χ0) is 16.5. The first-order chi connectivity index (χ1) is 10.2. The molecule has 0 bridgehead atoms. The van der Waals surface area contributed by atoms with E-state index >= 15 is 0 Å². The minimum absolute atomic E-state index is 0.194. The zero-order valence-electron chi connectivity index (χ0n) is 13.5. The van der Waals surface area contributed by atoms with Crippen LogP contribution in [0.25, 0.3) is 6.08 Å². The molecule has 22 heavy (non-hydrogen) atoms. The molecule has 1 aliphatic heterocycles. The fourth-order valence-electron chi connectivity index (χ4n) is 2.25. The van der Waals surface area contributed by atoms with E-state index in [4.69, 9.17) is 20.1 Å². The van der Waals surface area contributed by atoms with Gasteiger partial charge >= 0.3 is 7.12 Å². The molecule has 1 saturated heterocycles. The van der Waals surface area contributed by atoms with Gasteiger partial charge in [0, 0.05) is 17.7 Å². The number of hydrogen-bond acceptors (Lipinski definition) is 4. The summed E-state index contributed by atoms with van der Waals surface area (Å²) in [5.74, 6) is -0.451. The molecule has 1 aromatic carbocycles. The molecule has 0 atom stereocenters. The quantitative estimate of drug-likeness (QED) is 0.838. The first kappa shape index (κ1) is 17.2. The van der Waals surface area contributed by atoms with E-state index in [9.17, 15) is 4.39 Å². The predicted molar refractivity (Wildman–Crippen MR) is 85.4 cm³/mol. The van der Waals surface area contributed by atoms with Crippen molar-refractivity contribution in [2.75, 3.05) is 6.54 Å². The van der Waals surface area contributed by atoms with Gasteiger partial charge in [-0.15, -0.1) is 0 Å². The molecule has 0 saturated carbocycles. The smallest absolute Gasteiger partial charge is 0.400 e. The Balaban J connectivity index is 2.34. The number of rotatable bonds is 4. The maximum Gasteiger partial charge on any atom is 0.491 e. The summed E-state index contributed by atoms with van der Waals surface area (Å²) in [5, 5.41) is 9.15. The van der Waals surface area contributed by atoms with E-state index in [1.165, 1.54) is 0 Å². The summed E-state index contributed by atoms with van der Waals surface area (Å²) < 4.78 is 26.1. The van der Waals surface area contributed by atoms with Crippen molar-refractivity contribution in [1.82, 2.24) is 0 Å². The summed E-state index contributed by atoms with van der Waals surface area (Å²) in [7, 11) is -0.604. The predicted octanol–water partition coefficient (Wildman–Crippen LogP) is 2.29. The van der Waals surface area contributed by atoms with Crippen LogP contribution in [0.4, 0.5) is 4.39 Å². The van der Waals surface area contributed by atoms with Gasteiger partial charge in [-0.05, 0) is 33.2 Å². The lowest BCUT2D eigenvalue weighted by Gasteiger charge is -2.32. The van der Waals surface area contributed by atoms with Crippen LogP contribution in [-0.4, -0.2) is 30.0 Å². The molecule has 0 unspecified atom stereocenters. The Labute approximate surface area is 131 Å². The van der Waals surface area contributed by atoms with Crippen molar-refractivity contribution >= 4 is 13.2 Å². The van der Waals surface area contributed by atoms with Gasteiger partial charge in [-0.2, -0.15) is 0 Å². The second-order valence-corrected chi connectivity index (χ2v) is 6.49. The first-order valence-corrected chi connectivity index (χ1v) is 7.36. The largest absolute Gasteiger partial charge is 0.491 e. The number of benzene rings is 1. The second kappa shape index (κ2) is 6.12. The molecule has 6 heteroatoms. The maximum atomic E-state index is 14.2. The summed E-state index contributed by atoms with van der Waals surface area (Å²) in [6.07, 6.45) is 1.64. The Morgan fingerprint density at radius 2 is 1.86 bits per heavy atom. The fourth-order valence-corrected chi connectivity index (χ4v) is 2.25. The number of nitrogens with two attached hydrogens (primary N) is 1. The standard InChI is InChI=1S/C16H23BFNO3/c1-15(2)16(3,4)22-17(21-15)13(9-19)8-11-6-5-7-12(10-20)14(11)18/h5-8,20H,9-10,19H2,1-4H3.